The first-order valence-corrected chi connectivity index (χ1v) is 3.92. The Labute approximate surface area is 83.9 Å². The molecule has 2 N–H and O–H groups in total. The second kappa shape index (κ2) is 4.85. The summed E-state index contributed by atoms with van der Waals surface area (Å²) >= 11 is 0. The van der Waals surface area contributed by atoms with Crippen molar-refractivity contribution in [1.82, 2.24) is 10.2 Å². The van der Waals surface area contributed by atoms with Gasteiger partial charge in [-0.25, -0.2) is 4.79 Å². The van der Waals surface area contributed by atoms with Crippen LogP contribution < -0.4 is 5.32 Å². The van der Waals surface area contributed by atoms with Crippen LogP contribution in [0, 0.1) is 5.92 Å². The molecule has 0 aromatic rings. The van der Waals surface area contributed by atoms with Gasteiger partial charge in [0.25, 0.3) is 0 Å². The quantitative estimate of drug-likeness (QED) is 0.739. The van der Waals surface area contributed by atoms with Crippen LogP contribution in [0.2, 0.25) is 0 Å². The fourth-order valence-corrected chi connectivity index (χ4v) is 0.869. The van der Waals surface area contributed by atoms with Crippen molar-refractivity contribution in [2.24, 2.45) is 5.92 Å². The van der Waals surface area contributed by atoms with Crippen molar-refractivity contribution in [1.29, 1.82) is 0 Å². The molecule has 15 heavy (non-hydrogen) atoms. The molecule has 0 aliphatic heterocycles. The Morgan fingerprint density at radius 2 is 1.93 bits per heavy atom. The second-order valence-electron chi connectivity index (χ2n) is 2.87. The van der Waals surface area contributed by atoms with Crippen LogP contribution >= 0.6 is 0 Å². The fourth-order valence-electron chi connectivity index (χ4n) is 0.869. The van der Waals surface area contributed by atoms with E-state index in [4.69, 9.17) is 5.11 Å². The van der Waals surface area contributed by atoms with E-state index in [1.807, 2.05) is 0 Å². The zero-order valence-electron chi connectivity index (χ0n) is 8.13. The summed E-state index contributed by atoms with van der Waals surface area (Å²) < 4.78 is 36.5. The van der Waals surface area contributed by atoms with Crippen LogP contribution in [0.5, 0.6) is 0 Å². The van der Waals surface area contributed by atoms with E-state index in [0.29, 0.717) is 4.90 Å². The number of hydrogen-bond donors (Lipinski definition) is 2. The van der Waals surface area contributed by atoms with Crippen LogP contribution in [0.1, 0.15) is 0 Å². The molecule has 0 bridgehead atoms. The van der Waals surface area contributed by atoms with E-state index >= 15 is 0 Å². The van der Waals surface area contributed by atoms with E-state index in [0.717, 1.165) is 7.05 Å². The summed E-state index contributed by atoms with van der Waals surface area (Å²) in [5.41, 5.74) is 0. The lowest BCUT2D eigenvalue weighted by molar-refractivity contribution is -0.194. The number of hydrogen-bond acceptors (Lipinski definition) is 2. The molecule has 0 rings (SSSR count). The summed E-state index contributed by atoms with van der Waals surface area (Å²) in [4.78, 5) is 21.8. The first kappa shape index (κ1) is 13.5. The third kappa shape index (κ3) is 4.05. The predicted molar refractivity (Wildman–Crippen MR) is 44.3 cm³/mol. The monoisotopic (exact) mass is 228 g/mol. The summed E-state index contributed by atoms with van der Waals surface area (Å²) in [6, 6.07) is -0.773. The van der Waals surface area contributed by atoms with E-state index in [-0.39, 0.29) is 0 Å². The molecule has 0 aromatic heterocycles. The molecular weight excluding hydrogens is 217 g/mol. The van der Waals surface area contributed by atoms with Crippen LogP contribution in [0.25, 0.3) is 0 Å². The number of carboxylic acid groups (broad SMARTS) is 1. The van der Waals surface area contributed by atoms with Gasteiger partial charge < -0.3 is 15.3 Å². The third-order valence-corrected chi connectivity index (χ3v) is 1.71. The molecule has 0 aromatic carbocycles. The van der Waals surface area contributed by atoms with E-state index in [1.54, 1.807) is 0 Å². The van der Waals surface area contributed by atoms with Gasteiger partial charge in [0.2, 0.25) is 0 Å². The number of rotatable bonds is 3. The van der Waals surface area contributed by atoms with E-state index in [9.17, 15) is 22.8 Å². The topological polar surface area (TPSA) is 69.6 Å². The van der Waals surface area contributed by atoms with Crippen molar-refractivity contribution >= 4 is 12.0 Å². The second-order valence-corrected chi connectivity index (χ2v) is 2.87. The number of alkyl halides is 3. The van der Waals surface area contributed by atoms with Crippen LogP contribution in [0.3, 0.4) is 0 Å². The lowest BCUT2D eigenvalue weighted by Gasteiger charge is -2.22. The van der Waals surface area contributed by atoms with Gasteiger partial charge >= 0.3 is 18.2 Å². The zero-order valence-corrected chi connectivity index (χ0v) is 8.13. The van der Waals surface area contributed by atoms with Crippen molar-refractivity contribution in [3.8, 4) is 0 Å². The number of aliphatic carboxylic acids is 1. The smallest absolute Gasteiger partial charge is 0.403 e. The van der Waals surface area contributed by atoms with E-state index in [2.05, 4.69) is 5.32 Å². The number of halogens is 3. The Morgan fingerprint density at radius 3 is 2.20 bits per heavy atom. The van der Waals surface area contributed by atoms with Crippen molar-refractivity contribution in [2.45, 2.75) is 6.18 Å². The Kier molecular flexibility index (Phi) is 4.38. The molecule has 2 amide bonds. The number of carbonyl (C=O) groups excluding carboxylic acids is 1. The Bertz CT molecular complexity index is 254. The third-order valence-electron chi connectivity index (χ3n) is 1.71. The molecule has 0 fully saturated rings. The Balaban J connectivity index is 4.57. The van der Waals surface area contributed by atoms with Crippen LogP contribution in [-0.2, 0) is 4.79 Å². The Morgan fingerprint density at radius 1 is 1.47 bits per heavy atom. The van der Waals surface area contributed by atoms with Gasteiger partial charge in [-0.2, -0.15) is 13.2 Å². The summed E-state index contributed by atoms with van der Waals surface area (Å²) in [5.74, 6) is -4.57. The highest BCUT2D eigenvalue weighted by molar-refractivity contribution is 5.75. The van der Waals surface area contributed by atoms with Crippen LogP contribution in [0.15, 0.2) is 0 Å². The number of carbonyl (C=O) groups is 2. The maximum atomic E-state index is 12.2. The standard InChI is InChI=1S/C7H11F3N2O3/c1-11-6(15)12(2)3-4(5(13)14)7(8,9)10/h4H,3H2,1-2H3,(H,11,15)(H,13,14). The lowest BCUT2D eigenvalue weighted by Crippen LogP contribution is -2.44. The molecular formula is C7H11F3N2O3. The van der Waals surface area contributed by atoms with Crippen molar-refractivity contribution in [2.75, 3.05) is 20.6 Å². The minimum absolute atomic E-state index is 0.659. The van der Waals surface area contributed by atoms with Gasteiger partial charge in [0, 0.05) is 20.6 Å². The SMILES string of the molecule is CNC(=O)N(C)CC(C(=O)O)C(F)(F)F. The molecule has 1 atom stereocenters. The number of urea groups is 1. The van der Waals surface area contributed by atoms with Crippen LogP contribution in [-0.4, -0.2) is 48.8 Å². The van der Waals surface area contributed by atoms with Gasteiger partial charge in [-0.3, -0.25) is 4.79 Å². The Hall–Kier alpha value is -1.47. The molecule has 8 heteroatoms. The maximum absolute atomic E-state index is 12.2. The lowest BCUT2D eigenvalue weighted by atomic mass is 10.1. The average molecular weight is 228 g/mol. The molecule has 5 nitrogen and oxygen atoms in total. The van der Waals surface area contributed by atoms with Gasteiger partial charge in [-0.15, -0.1) is 0 Å². The van der Waals surface area contributed by atoms with Gasteiger partial charge in [0.05, 0.1) is 0 Å². The first-order valence-electron chi connectivity index (χ1n) is 3.92. The minimum atomic E-state index is -4.87. The van der Waals surface area contributed by atoms with Gasteiger partial charge in [-0.05, 0) is 0 Å². The highest BCUT2D eigenvalue weighted by Crippen LogP contribution is 2.26. The van der Waals surface area contributed by atoms with Gasteiger partial charge in [0.15, 0.2) is 5.92 Å². The first-order chi connectivity index (χ1) is 6.70. The van der Waals surface area contributed by atoms with Gasteiger partial charge in [-0.1, -0.05) is 0 Å². The average Bonchev–Trinajstić information content (AvgIpc) is 2.09. The number of nitrogens with zero attached hydrogens (tertiary/aromatic N) is 1. The highest BCUT2D eigenvalue weighted by Gasteiger charge is 2.46. The van der Waals surface area contributed by atoms with Crippen molar-refractivity contribution < 1.29 is 27.9 Å². The summed E-state index contributed by atoms with van der Waals surface area (Å²) in [7, 11) is 2.32. The molecule has 1 unspecified atom stereocenters. The molecule has 0 heterocycles. The molecule has 0 spiro atoms. The number of nitrogens with one attached hydrogen (secondary N) is 1. The van der Waals surface area contributed by atoms with Crippen LogP contribution in [0.4, 0.5) is 18.0 Å². The largest absolute Gasteiger partial charge is 0.481 e. The molecule has 0 saturated heterocycles. The number of amides is 2. The van der Waals surface area contributed by atoms with E-state index < -0.39 is 30.6 Å². The maximum Gasteiger partial charge on any atom is 0.403 e. The fraction of sp³-hybridized carbons (Fsp3) is 0.714. The van der Waals surface area contributed by atoms with Gasteiger partial charge in [0.1, 0.15) is 0 Å². The summed E-state index contributed by atoms with van der Waals surface area (Å²) in [5, 5.41) is 10.4. The highest BCUT2D eigenvalue weighted by atomic mass is 19.4. The normalized spacial score (nSPS) is 13.1. The molecule has 0 aliphatic carbocycles. The molecule has 88 valence electrons. The van der Waals surface area contributed by atoms with Crippen molar-refractivity contribution in [3.05, 3.63) is 0 Å². The number of carboxylic acids is 1. The minimum Gasteiger partial charge on any atom is -0.481 e. The molecule has 0 aliphatic rings. The summed E-state index contributed by atoms with van der Waals surface area (Å²) in [6.07, 6.45) is -4.87. The molecule has 0 saturated carbocycles. The predicted octanol–water partition coefficient (Wildman–Crippen LogP) is 0.521. The van der Waals surface area contributed by atoms with E-state index in [1.165, 1.54) is 7.05 Å². The zero-order chi connectivity index (χ0) is 12.2. The molecule has 0 radical (unpaired) electrons. The van der Waals surface area contributed by atoms with Crippen molar-refractivity contribution in [3.63, 3.8) is 0 Å². The summed E-state index contributed by atoms with van der Waals surface area (Å²) in [6.45, 7) is -0.918.